The molecule has 4 heteroatoms. The number of rotatable bonds is 4. The zero-order valence-electron chi connectivity index (χ0n) is 9.90. The second kappa shape index (κ2) is 5.84. The Hall–Kier alpha value is -2.10. The highest BCUT2D eigenvalue weighted by Crippen LogP contribution is 2.09. The molecule has 0 aliphatic carbocycles. The molecule has 1 aromatic carbocycles. The Morgan fingerprint density at radius 1 is 1.29 bits per heavy atom. The van der Waals surface area contributed by atoms with Gasteiger partial charge in [0, 0.05) is 0 Å². The zero-order valence-corrected chi connectivity index (χ0v) is 9.90. The van der Waals surface area contributed by atoms with E-state index >= 15 is 0 Å². The molecular weight excluding hydrogens is 218 g/mol. The van der Waals surface area contributed by atoms with E-state index in [-0.39, 0.29) is 12.2 Å². The molecule has 90 valence electrons. The first-order valence-corrected chi connectivity index (χ1v) is 5.30. The van der Waals surface area contributed by atoms with Crippen LogP contribution >= 0.6 is 0 Å². The Balaban J connectivity index is 3.02. The molecule has 0 heterocycles. The smallest absolute Gasteiger partial charge is 0.343 e. The molecule has 0 fully saturated rings. The van der Waals surface area contributed by atoms with E-state index in [1.54, 1.807) is 19.1 Å². The number of nitrogens with two attached hydrogens (primary N) is 1. The normalized spacial score (nSPS) is 11.1. The van der Waals surface area contributed by atoms with Crippen molar-refractivity contribution in [2.24, 2.45) is 5.73 Å². The number of aryl methyl sites for hydroxylation is 1. The van der Waals surface area contributed by atoms with E-state index in [1.165, 1.54) is 6.08 Å². The Labute approximate surface area is 100 Å². The highest BCUT2D eigenvalue weighted by atomic mass is 16.5. The van der Waals surface area contributed by atoms with Crippen molar-refractivity contribution in [3.63, 3.8) is 0 Å². The van der Waals surface area contributed by atoms with Crippen molar-refractivity contribution in [2.45, 2.75) is 13.8 Å². The van der Waals surface area contributed by atoms with Gasteiger partial charge >= 0.3 is 5.97 Å². The van der Waals surface area contributed by atoms with Crippen LogP contribution in [-0.4, -0.2) is 18.5 Å². The SMILES string of the molecule is CCOC(=O)/C(=C\c1ccc(C)cc1)C(N)=O. The molecular formula is C13H15NO3. The van der Waals surface area contributed by atoms with Gasteiger partial charge in [0.05, 0.1) is 6.61 Å². The van der Waals surface area contributed by atoms with Crippen LogP contribution in [0.5, 0.6) is 0 Å². The minimum Gasteiger partial charge on any atom is -0.462 e. The van der Waals surface area contributed by atoms with Crippen molar-refractivity contribution < 1.29 is 14.3 Å². The van der Waals surface area contributed by atoms with Gasteiger partial charge in [-0.2, -0.15) is 0 Å². The van der Waals surface area contributed by atoms with Crippen molar-refractivity contribution in [3.05, 3.63) is 41.0 Å². The summed E-state index contributed by atoms with van der Waals surface area (Å²) in [4.78, 5) is 22.6. The molecule has 0 saturated heterocycles. The molecule has 0 radical (unpaired) electrons. The first-order valence-electron chi connectivity index (χ1n) is 5.30. The van der Waals surface area contributed by atoms with Gasteiger partial charge in [-0.15, -0.1) is 0 Å². The van der Waals surface area contributed by atoms with Crippen molar-refractivity contribution in [3.8, 4) is 0 Å². The number of carbonyl (C=O) groups excluding carboxylic acids is 2. The summed E-state index contributed by atoms with van der Waals surface area (Å²) in [5, 5.41) is 0. The topological polar surface area (TPSA) is 69.4 Å². The first kappa shape index (κ1) is 13.0. The second-order valence-corrected chi connectivity index (χ2v) is 3.55. The number of esters is 1. The van der Waals surface area contributed by atoms with Crippen LogP contribution < -0.4 is 5.73 Å². The van der Waals surface area contributed by atoms with Gasteiger partial charge in [-0.25, -0.2) is 4.79 Å². The Bertz CT molecular complexity index is 446. The third-order valence-corrected chi connectivity index (χ3v) is 2.15. The molecule has 0 aliphatic heterocycles. The van der Waals surface area contributed by atoms with Gasteiger partial charge in [0.2, 0.25) is 0 Å². The van der Waals surface area contributed by atoms with E-state index in [1.807, 2.05) is 19.1 Å². The monoisotopic (exact) mass is 233 g/mol. The van der Waals surface area contributed by atoms with E-state index in [0.29, 0.717) is 0 Å². The summed E-state index contributed by atoms with van der Waals surface area (Å²) in [5.74, 6) is -1.48. The Morgan fingerprint density at radius 3 is 2.35 bits per heavy atom. The van der Waals surface area contributed by atoms with Gasteiger partial charge in [-0.1, -0.05) is 29.8 Å². The molecule has 2 N–H and O–H groups in total. The van der Waals surface area contributed by atoms with Gasteiger partial charge in [0.15, 0.2) is 0 Å². The van der Waals surface area contributed by atoms with Crippen molar-refractivity contribution >= 4 is 18.0 Å². The van der Waals surface area contributed by atoms with Crippen LogP contribution in [0.25, 0.3) is 6.08 Å². The first-order chi connectivity index (χ1) is 8.04. The van der Waals surface area contributed by atoms with Crippen LogP contribution in [0.15, 0.2) is 29.8 Å². The molecule has 17 heavy (non-hydrogen) atoms. The summed E-state index contributed by atoms with van der Waals surface area (Å²) < 4.78 is 4.75. The lowest BCUT2D eigenvalue weighted by atomic mass is 10.1. The Kier molecular flexibility index (Phi) is 4.46. The molecule has 1 aromatic rings. The van der Waals surface area contributed by atoms with E-state index < -0.39 is 11.9 Å². The summed E-state index contributed by atoms with van der Waals surface area (Å²) >= 11 is 0. The maximum absolute atomic E-state index is 11.5. The molecule has 4 nitrogen and oxygen atoms in total. The average Bonchev–Trinajstić information content (AvgIpc) is 2.28. The molecule has 0 bridgehead atoms. The third-order valence-electron chi connectivity index (χ3n) is 2.15. The highest BCUT2D eigenvalue weighted by molar-refractivity contribution is 6.19. The summed E-state index contributed by atoms with van der Waals surface area (Å²) in [6.45, 7) is 3.83. The number of hydrogen-bond acceptors (Lipinski definition) is 3. The van der Waals surface area contributed by atoms with Crippen LogP contribution in [0.3, 0.4) is 0 Å². The van der Waals surface area contributed by atoms with Crippen molar-refractivity contribution in [1.29, 1.82) is 0 Å². The molecule has 0 aliphatic rings. The predicted molar refractivity (Wildman–Crippen MR) is 65.0 cm³/mol. The lowest BCUT2D eigenvalue weighted by molar-refractivity contribution is -0.139. The van der Waals surface area contributed by atoms with Crippen LogP contribution in [0.1, 0.15) is 18.1 Å². The molecule has 0 atom stereocenters. The van der Waals surface area contributed by atoms with Gasteiger partial charge < -0.3 is 10.5 Å². The maximum Gasteiger partial charge on any atom is 0.343 e. The average molecular weight is 233 g/mol. The summed E-state index contributed by atoms with van der Waals surface area (Å²) in [5.41, 5.74) is 6.82. The Morgan fingerprint density at radius 2 is 1.88 bits per heavy atom. The maximum atomic E-state index is 11.5. The standard InChI is InChI=1S/C13H15NO3/c1-3-17-13(16)11(12(14)15)8-10-6-4-9(2)5-7-10/h4-8H,3H2,1-2H3,(H2,14,15)/b11-8-. The number of ether oxygens (including phenoxy) is 1. The number of benzene rings is 1. The lowest BCUT2D eigenvalue weighted by Gasteiger charge is -2.03. The van der Waals surface area contributed by atoms with Crippen LogP contribution in [0.2, 0.25) is 0 Å². The fourth-order valence-corrected chi connectivity index (χ4v) is 1.27. The third kappa shape index (κ3) is 3.75. The largest absolute Gasteiger partial charge is 0.462 e. The number of carbonyl (C=O) groups is 2. The summed E-state index contributed by atoms with van der Waals surface area (Å²) in [6.07, 6.45) is 1.43. The van der Waals surface area contributed by atoms with Gasteiger partial charge in [-0.05, 0) is 25.5 Å². The van der Waals surface area contributed by atoms with E-state index in [2.05, 4.69) is 0 Å². The molecule has 0 unspecified atom stereocenters. The predicted octanol–water partition coefficient (Wildman–Crippen LogP) is 1.43. The molecule has 1 amide bonds. The van der Waals surface area contributed by atoms with Crippen LogP contribution in [0.4, 0.5) is 0 Å². The van der Waals surface area contributed by atoms with E-state index in [9.17, 15) is 9.59 Å². The molecule has 0 spiro atoms. The van der Waals surface area contributed by atoms with E-state index in [4.69, 9.17) is 10.5 Å². The molecule has 1 rings (SSSR count). The number of amides is 1. The molecule has 0 saturated carbocycles. The van der Waals surface area contributed by atoms with Crippen molar-refractivity contribution in [1.82, 2.24) is 0 Å². The summed E-state index contributed by atoms with van der Waals surface area (Å²) in [6, 6.07) is 7.38. The fraction of sp³-hybridized carbons (Fsp3) is 0.231. The summed E-state index contributed by atoms with van der Waals surface area (Å²) in [7, 11) is 0. The highest BCUT2D eigenvalue weighted by Gasteiger charge is 2.16. The zero-order chi connectivity index (χ0) is 12.8. The minimum absolute atomic E-state index is 0.143. The minimum atomic E-state index is -0.788. The fourth-order valence-electron chi connectivity index (χ4n) is 1.27. The van der Waals surface area contributed by atoms with Crippen LogP contribution in [0, 0.1) is 6.92 Å². The number of hydrogen-bond donors (Lipinski definition) is 1. The van der Waals surface area contributed by atoms with Crippen LogP contribution in [-0.2, 0) is 14.3 Å². The van der Waals surface area contributed by atoms with E-state index in [0.717, 1.165) is 11.1 Å². The number of primary amides is 1. The van der Waals surface area contributed by atoms with Crippen molar-refractivity contribution in [2.75, 3.05) is 6.61 Å². The van der Waals surface area contributed by atoms with Gasteiger partial charge in [0.25, 0.3) is 5.91 Å². The second-order valence-electron chi connectivity index (χ2n) is 3.55. The quantitative estimate of drug-likeness (QED) is 0.370. The van der Waals surface area contributed by atoms with Gasteiger partial charge in [-0.3, -0.25) is 4.79 Å². The molecule has 0 aromatic heterocycles. The lowest BCUT2D eigenvalue weighted by Crippen LogP contribution is -2.22. The van der Waals surface area contributed by atoms with Gasteiger partial charge in [0.1, 0.15) is 5.57 Å².